The largest absolute Gasteiger partial charge is 0.381 e. The van der Waals surface area contributed by atoms with Gasteiger partial charge in [-0.1, -0.05) is 59.3 Å². The molecule has 1 unspecified atom stereocenters. The summed E-state index contributed by atoms with van der Waals surface area (Å²) in [4.78, 5) is 0. The van der Waals surface area contributed by atoms with Crippen LogP contribution in [0.1, 0.15) is 78.6 Å². The molecule has 0 bridgehead atoms. The van der Waals surface area contributed by atoms with Crippen molar-refractivity contribution >= 4 is 0 Å². The van der Waals surface area contributed by atoms with Gasteiger partial charge in [-0.05, 0) is 25.8 Å². The molecule has 0 aromatic rings. The average molecular weight is 257 g/mol. The molecular weight excluding hydrogens is 222 g/mol. The van der Waals surface area contributed by atoms with Crippen LogP contribution < -0.4 is 5.32 Å². The van der Waals surface area contributed by atoms with E-state index in [9.17, 15) is 0 Å². The third kappa shape index (κ3) is 12.4. The van der Waals surface area contributed by atoms with Crippen molar-refractivity contribution in [2.45, 2.75) is 84.6 Å². The molecule has 0 aliphatic carbocycles. The normalized spacial score (nSPS) is 12.8. The van der Waals surface area contributed by atoms with Gasteiger partial charge in [-0.25, -0.2) is 0 Å². The summed E-state index contributed by atoms with van der Waals surface area (Å²) in [5, 5.41) is 3.58. The molecule has 18 heavy (non-hydrogen) atoms. The van der Waals surface area contributed by atoms with E-state index in [1.165, 1.54) is 51.4 Å². The van der Waals surface area contributed by atoms with Crippen LogP contribution in [0.5, 0.6) is 0 Å². The van der Waals surface area contributed by atoms with Gasteiger partial charge in [0.1, 0.15) is 0 Å². The molecule has 1 atom stereocenters. The van der Waals surface area contributed by atoms with Crippen LogP contribution in [0.4, 0.5) is 0 Å². The van der Waals surface area contributed by atoms with Crippen molar-refractivity contribution in [1.29, 1.82) is 0 Å². The first-order chi connectivity index (χ1) is 8.85. The van der Waals surface area contributed by atoms with Crippen molar-refractivity contribution in [3.8, 4) is 0 Å². The molecule has 0 heterocycles. The van der Waals surface area contributed by atoms with Crippen molar-refractivity contribution in [2.24, 2.45) is 0 Å². The SMILES string of the molecule is CCCCCCCCC(CCOCCC)NCC. The van der Waals surface area contributed by atoms with E-state index in [1.807, 2.05) is 0 Å². The summed E-state index contributed by atoms with van der Waals surface area (Å²) in [6, 6.07) is 0.665. The van der Waals surface area contributed by atoms with E-state index in [0.717, 1.165) is 26.2 Å². The summed E-state index contributed by atoms with van der Waals surface area (Å²) >= 11 is 0. The molecule has 0 rings (SSSR count). The number of hydrogen-bond acceptors (Lipinski definition) is 2. The molecule has 0 aliphatic rings. The standard InChI is InChI=1S/C16H35NO/c1-4-7-8-9-10-11-12-16(17-6-3)13-15-18-14-5-2/h16-17H,4-15H2,1-3H3. The van der Waals surface area contributed by atoms with E-state index in [-0.39, 0.29) is 0 Å². The maximum atomic E-state index is 5.58. The zero-order valence-corrected chi connectivity index (χ0v) is 13.0. The molecule has 0 fully saturated rings. The highest BCUT2D eigenvalue weighted by molar-refractivity contribution is 4.66. The van der Waals surface area contributed by atoms with Crippen molar-refractivity contribution in [2.75, 3.05) is 19.8 Å². The van der Waals surface area contributed by atoms with Crippen molar-refractivity contribution in [3.05, 3.63) is 0 Å². The smallest absolute Gasteiger partial charge is 0.0480 e. The van der Waals surface area contributed by atoms with Gasteiger partial charge < -0.3 is 10.1 Å². The first-order valence-electron chi connectivity index (χ1n) is 8.16. The Hall–Kier alpha value is -0.0800. The lowest BCUT2D eigenvalue weighted by Gasteiger charge is -2.17. The quantitative estimate of drug-likeness (QED) is 0.462. The van der Waals surface area contributed by atoms with Gasteiger partial charge in [0.05, 0.1) is 0 Å². The van der Waals surface area contributed by atoms with Gasteiger partial charge in [0, 0.05) is 19.3 Å². The van der Waals surface area contributed by atoms with E-state index >= 15 is 0 Å². The Kier molecular flexibility index (Phi) is 14.9. The lowest BCUT2D eigenvalue weighted by atomic mass is 10.0. The minimum Gasteiger partial charge on any atom is -0.381 e. The Balaban J connectivity index is 3.44. The van der Waals surface area contributed by atoms with Crippen molar-refractivity contribution in [1.82, 2.24) is 5.32 Å². The fourth-order valence-corrected chi connectivity index (χ4v) is 2.28. The summed E-state index contributed by atoms with van der Waals surface area (Å²) in [5.74, 6) is 0. The lowest BCUT2D eigenvalue weighted by molar-refractivity contribution is 0.123. The van der Waals surface area contributed by atoms with Crippen LogP contribution in [0.3, 0.4) is 0 Å². The second kappa shape index (κ2) is 15.0. The lowest BCUT2D eigenvalue weighted by Crippen LogP contribution is -2.30. The van der Waals surface area contributed by atoms with E-state index in [1.54, 1.807) is 0 Å². The zero-order chi connectivity index (χ0) is 13.5. The second-order valence-electron chi connectivity index (χ2n) is 5.21. The topological polar surface area (TPSA) is 21.3 Å². The molecule has 0 saturated carbocycles. The van der Waals surface area contributed by atoms with E-state index in [2.05, 4.69) is 26.1 Å². The van der Waals surface area contributed by atoms with Gasteiger partial charge in [0.25, 0.3) is 0 Å². The molecule has 0 aromatic heterocycles. The fraction of sp³-hybridized carbons (Fsp3) is 1.00. The average Bonchev–Trinajstić information content (AvgIpc) is 2.38. The summed E-state index contributed by atoms with van der Waals surface area (Å²) < 4.78 is 5.58. The van der Waals surface area contributed by atoms with E-state index in [0.29, 0.717) is 6.04 Å². The Bertz CT molecular complexity index is 150. The monoisotopic (exact) mass is 257 g/mol. The van der Waals surface area contributed by atoms with Gasteiger partial charge in [-0.3, -0.25) is 0 Å². The molecule has 0 aliphatic heterocycles. The molecule has 2 heteroatoms. The number of unbranched alkanes of at least 4 members (excludes halogenated alkanes) is 5. The van der Waals surface area contributed by atoms with Crippen LogP contribution in [0.25, 0.3) is 0 Å². The highest BCUT2D eigenvalue weighted by Gasteiger charge is 2.06. The number of ether oxygens (including phenoxy) is 1. The molecular formula is C16H35NO. The Morgan fingerprint density at radius 2 is 1.50 bits per heavy atom. The summed E-state index contributed by atoms with van der Waals surface area (Å²) in [7, 11) is 0. The first-order valence-corrected chi connectivity index (χ1v) is 8.16. The van der Waals surface area contributed by atoms with E-state index in [4.69, 9.17) is 4.74 Å². The molecule has 0 aromatic carbocycles. The minimum absolute atomic E-state index is 0.665. The summed E-state index contributed by atoms with van der Waals surface area (Å²) in [6.45, 7) is 9.54. The Labute approximate surface area is 115 Å². The van der Waals surface area contributed by atoms with Gasteiger partial charge in [-0.15, -0.1) is 0 Å². The maximum absolute atomic E-state index is 5.58. The molecule has 0 saturated heterocycles. The maximum Gasteiger partial charge on any atom is 0.0480 e. The van der Waals surface area contributed by atoms with Gasteiger partial charge in [-0.2, -0.15) is 0 Å². The predicted molar refractivity (Wildman–Crippen MR) is 81.2 cm³/mol. The summed E-state index contributed by atoms with van der Waals surface area (Å²) in [5.41, 5.74) is 0. The predicted octanol–water partition coefficient (Wildman–Crippen LogP) is 4.53. The Morgan fingerprint density at radius 3 is 2.17 bits per heavy atom. The third-order valence-corrected chi connectivity index (χ3v) is 3.36. The zero-order valence-electron chi connectivity index (χ0n) is 13.0. The van der Waals surface area contributed by atoms with Gasteiger partial charge in [0.15, 0.2) is 0 Å². The number of nitrogens with one attached hydrogen (secondary N) is 1. The van der Waals surface area contributed by atoms with Crippen LogP contribution in [0, 0.1) is 0 Å². The summed E-state index contributed by atoms with van der Waals surface area (Å²) in [6.07, 6.45) is 12.0. The van der Waals surface area contributed by atoms with Crippen LogP contribution in [-0.2, 0) is 4.74 Å². The molecule has 0 radical (unpaired) electrons. The second-order valence-corrected chi connectivity index (χ2v) is 5.21. The molecule has 1 N–H and O–H groups in total. The molecule has 110 valence electrons. The van der Waals surface area contributed by atoms with Crippen LogP contribution in [-0.4, -0.2) is 25.8 Å². The van der Waals surface area contributed by atoms with Crippen molar-refractivity contribution < 1.29 is 4.74 Å². The van der Waals surface area contributed by atoms with Crippen molar-refractivity contribution in [3.63, 3.8) is 0 Å². The minimum atomic E-state index is 0.665. The molecule has 0 amide bonds. The molecule has 0 spiro atoms. The van der Waals surface area contributed by atoms with Gasteiger partial charge >= 0.3 is 0 Å². The number of hydrogen-bond donors (Lipinski definition) is 1. The fourth-order valence-electron chi connectivity index (χ4n) is 2.28. The third-order valence-electron chi connectivity index (χ3n) is 3.36. The highest BCUT2D eigenvalue weighted by atomic mass is 16.5. The Morgan fingerprint density at radius 1 is 0.778 bits per heavy atom. The van der Waals surface area contributed by atoms with E-state index < -0.39 is 0 Å². The first kappa shape index (κ1) is 17.9. The highest BCUT2D eigenvalue weighted by Crippen LogP contribution is 2.10. The molecule has 2 nitrogen and oxygen atoms in total. The van der Waals surface area contributed by atoms with Crippen LogP contribution in [0.15, 0.2) is 0 Å². The van der Waals surface area contributed by atoms with Crippen LogP contribution in [0.2, 0.25) is 0 Å². The number of rotatable bonds is 14. The van der Waals surface area contributed by atoms with Gasteiger partial charge in [0.2, 0.25) is 0 Å². The van der Waals surface area contributed by atoms with Crippen LogP contribution >= 0.6 is 0 Å².